The molecule has 0 unspecified atom stereocenters. The summed E-state index contributed by atoms with van der Waals surface area (Å²) in [6.45, 7) is 1.67. The molecule has 12 heavy (non-hydrogen) atoms. The van der Waals surface area contributed by atoms with Crippen molar-refractivity contribution in [3.8, 4) is 0 Å². The van der Waals surface area contributed by atoms with E-state index in [0.717, 1.165) is 0 Å². The van der Waals surface area contributed by atoms with E-state index >= 15 is 0 Å². The van der Waals surface area contributed by atoms with E-state index in [-0.39, 0.29) is 24.0 Å². The van der Waals surface area contributed by atoms with Gasteiger partial charge in [0.2, 0.25) is 5.91 Å². The van der Waals surface area contributed by atoms with Crippen molar-refractivity contribution in [2.45, 2.75) is 13.0 Å². The minimum Gasteiger partial charge on any atom is -0.368 e. The zero-order valence-electron chi connectivity index (χ0n) is 7.42. The molecule has 4 N–H and O–H groups in total. The van der Waals surface area contributed by atoms with Crippen molar-refractivity contribution < 1.29 is 4.79 Å². The van der Waals surface area contributed by atoms with E-state index in [4.69, 9.17) is 5.73 Å². The lowest BCUT2D eigenvalue weighted by Gasteiger charge is -2.12. The van der Waals surface area contributed by atoms with Gasteiger partial charge in [-0.15, -0.1) is 24.0 Å². The Hall–Kier alpha value is -0.530. The van der Waals surface area contributed by atoms with Crippen molar-refractivity contribution in [2.75, 3.05) is 14.1 Å². The molecule has 0 rings (SSSR count). The van der Waals surface area contributed by atoms with Crippen LogP contribution < -0.4 is 16.4 Å². The number of carbonyl (C=O) groups excluding carboxylic acids is 1. The molecular weight excluding hydrogens is 271 g/mol. The second-order valence-electron chi connectivity index (χ2n) is 2.09. The Labute approximate surface area is 89.2 Å². The van der Waals surface area contributed by atoms with Gasteiger partial charge in [-0.05, 0) is 6.92 Å². The first-order valence-electron chi connectivity index (χ1n) is 3.32. The van der Waals surface area contributed by atoms with Crippen LogP contribution in [0.4, 0.5) is 0 Å². The van der Waals surface area contributed by atoms with Gasteiger partial charge in [0.1, 0.15) is 6.04 Å². The topological polar surface area (TPSA) is 79.5 Å². The van der Waals surface area contributed by atoms with Crippen molar-refractivity contribution in [1.29, 1.82) is 0 Å². The molecule has 0 aromatic carbocycles. The van der Waals surface area contributed by atoms with E-state index in [1.54, 1.807) is 21.0 Å². The first-order chi connectivity index (χ1) is 5.11. The molecule has 6 heteroatoms. The average molecular weight is 286 g/mol. The molecule has 0 aromatic rings. The number of guanidine groups is 1. The Bertz CT molecular complexity index is 171. The van der Waals surface area contributed by atoms with Gasteiger partial charge in [0, 0.05) is 14.1 Å². The molecule has 1 amide bonds. The first kappa shape index (κ1) is 14.0. The molecule has 5 nitrogen and oxygen atoms in total. The largest absolute Gasteiger partial charge is 0.368 e. The molecule has 0 heterocycles. The highest BCUT2D eigenvalue weighted by Gasteiger charge is 2.08. The summed E-state index contributed by atoms with van der Waals surface area (Å²) in [7, 11) is 3.33. The summed E-state index contributed by atoms with van der Waals surface area (Å²) in [4.78, 5) is 14.4. The van der Waals surface area contributed by atoms with E-state index < -0.39 is 11.9 Å². The number of amides is 1. The molecule has 0 aliphatic rings. The number of primary amides is 1. The fourth-order valence-corrected chi connectivity index (χ4v) is 0.525. The maximum absolute atomic E-state index is 10.5. The Morgan fingerprint density at radius 1 is 1.58 bits per heavy atom. The van der Waals surface area contributed by atoms with E-state index in [0.29, 0.717) is 5.96 Å². The summed E-state index contributed by atoms with van der Waals surface area (Å²) >= 11 is 0. The van der Waals surface area contributed by atoms with Crippen LogP contribution in [0.15, 0.2) is 4.99 Å². The third kappa shape index (κ3) is 5.16. The van der Waals surface area contributed by atoms with Gasteiger partial charge >= 0.3 is 0 Å². The number of rotatable bonds is 2. The monoisotopic (exact) mass is 286 g/mol. The van der Waals surface area contributed by atoms with Crippen LogP contribution in [0.3, 0.4) is 0 Å². The van der Waals surface area contributed by atoms with Gasteiger partial charge in [0.25, 0.3) is 0 Å². The number of nitrogens with two attached hydrogens (primary N) is 1. The van der Waals surface area contributed by atoms with Crippen LogP contribution in [0.2, 0.25) is 0 Å². The van der Waals surface area contributed by atoms with E-state index in [1.165, 1.54) is 0 Å². The second kappa shape index (κ2) is 7.14. The maximum atomic E-state index is 10.5. The second-order valence-corrected chi connectivity index (χ2v) is 2.09. The Morgan fingerprint density at radius 3 is 2.33 bits per heavy atom. The number of carbonyl (C=O) groups is 1. The fourth-order valence-electron chi connectivity index (χ4n) is 0.525. The van der Waals surface area contributed by atoms with Gasteiger partial charge in [-0.2, -0.15) is 0 Å². The minimum absolute atomic E-state index is 0. The van der Waals surface area contributed by atoms with Crippen molar-refractivity contribution >= 4 is 35.8 Å². The molecule has 0 saturated heterocycles. The molecule has 0 aromatic heterocycles. The lowest BCUT2D eigenvalue weighted by Crippen LogP contribution is -2.46. The van der Waals surface area contributed by atoms with Crippen LogP contribution >= 0.6 is 24.0 Å². The third-order valence-corrected chi connectivity index (χ3v) is 1.24. The van der Waals surface area contributed by atoms with Gasteiger partial charge in [-0.1, -0.05) is 0 Å². The van der Waals surface area contributed by atoms with Gasteiger partial charge in [-0.3, -0.25) is 9.79 Å². The Balaban J connectivity index is 0. The molecule has 1 atom stereocenters. The smallest absolute Gasteiger partial charge is 0.239 e. The summed E-state index contributed by atoms with van der Waals surface area (Å²) in [6, 6.07) is -0.402. The highest BCUT2D eigenvalue weighted by atomic mass is 127. The normalized spacial score (nSPS) is 12.8. The molecule has 72 valence electrons. The summed E-state index contributed by atoms with van der Waals surface area (Å²) < 4.78 is 0. The van der Waals surface area contributed by atoms with Crippen LogP contribution in [0, 0.1) is 0 Å². The minimum atomic E-state index is -0.402. The van der Waals surface area contributed by atoms with Gasteiger partial charge < -0.3 is 16.4 Å². The predicted molar refractivity (Wildman–Crippen MR) is 59.6 cm³/mol. The molecular formula is C6H15IN4O. The summed E-state index contributed by atoms with van der Waals surface area (Å²) in [5.41, 5.74) is 5.01. The maximum Gasteiger partial charge on any atom is 0.239 e. The summed E-state index contributed by atoms with van der Waals surface area (Å²) in [6.07, 6.45) is 0. The quantitative estimate of drug-likeness (QED) is 0.356. The predicted octanol–water partition coefficient (Wildman–Crippen LogP) is -0.727. The van der Waals surface area contributed by atoms with Crippen molar-refractivity contribution in [2.24, 2.45) is 10.7 Å². The van der Waals surface area contributed by atoms with Crippen LogP contribution in [-0.4, -0.2) is 32.0 Å². The molecule has 0 radical (unpaired) electrons. The number of halogens is 1. The summed E-state index contributed by atoms with van der Waals surface area (Å²) in [5, 5.41) is 5.55. The van der Waals surface area contributed by atoms with Crippen molar-refractivity contribution in [3.63, 3.8) is 0 Å². The number of nitrogens with zero attached hydrogens (tertiary/aromatic N) is 1. The highest BCUT2D eigenvalue weighted by Crippen LogP contribution is 1.77. The third-order valence-electron chi connectivity index (χ3n) is 1.24. The van der Waals surface area contributed by atoms with Gasteiger partial charge in [0.05, 0.1) is 0 Å². The van der Waals surface area contributed by atoms with E-state index in [2.05, 4.69) is 15.6 Å². The first-order valence-corrected chi connectivity index (χ1v) is 3.32. The molecule has 0 aliphatic heterocycles. The Morgan fingerprint density at radius 2 is 2.08 bits per heavy atom. The lowest BCUT2D eigenvalue weighted by molar-refractivity contribution is -0.119. The van der Waals surface area contributed by atoms with Crippen LogP contribution in [0.5, 0.6) is 0 Å². The van der Waals surface area contributed by atoms with E-state index in [9.17, 15) is 4.79 Å². The molecule has 0 bridgehead atoms. The van der Waals surface area contributed by atoms with Crippen LogP contribution in [0.25, 0.3) is 0 Å². The number of hydrogen-bond acceptors (Lipinski definition) is 2. The van der Waals surface area contributed by atoms with E-state index in [1.807, 2.05) is 0 Å². The van der Waals surface area contributed by atoms with Crippen LogP contribution in [-0.2, 0) is 4.79 Å². The van der Waals surface area contributed by atoms with Gasteiger partial charge in [0.15, 0.2) is 5.96 Å². The number of hydrogen-bond donors (Lipinski definition) is 3. The Kier molecular flexibility index (Phi) is 8.34. The number of nitrogens with one attached hydrogen (secondary N) is 2. The standard InChI is InChI=1S/C6H14N4O.HI/c1-4(5(7)11)10-6(8-2)9-3;/h4H,1-3H3,(H2,7,11)(H2,8,9,10);1H/t4-;/m0./s1. The molecule has 0 spiro atoms. The fraction of sp³-hybridized carbons (Fsp3) is 0.667. The SMILES string of the molecule is CN=C(NC)N[C@@H](C)C(N)=O.I. The molecule has 0 aliphatic carbocycles. The molecule has 0 fully saturated rings. The van der Waals surface area contributed by atoms with Gasteiger partial charge in [-0.25, -0.2) is 0 Å². The van der Waals surface area contributed by atoms with Crippen molar-refractivity contribution in [3.05, 3.63) is 0 Å². The zero-order valence-corrected chi connectivity index (χ0v) is 9.75. The number of aliphatic imine (C=N–C) groups is 1. The van der Waals surface area contributed by atoms with Crippen LogP contribution in [0.1, 0.15) is 6.92 Å². The average Bonchev–Trinajstić information content (AvgIpc) is 1.99. The lowest BCUT2D eigenvalue weighted by atomic mass is 10.3. The highest BCUT2D eigenvalue weighted by molar-refractivity contribution is 14.0. The zero-order chi connectivity index (χ0) is 8.85. The summed E-state index contributed by atoms with van der Waals surface area (Å²) in [5.74, 6) is 0.151. The molecule has 0 saturated carbocycles. The van der Waals surface area contributed by atoms with Crippen molar-refractivity contribution in [1.82, 2.24) is 10.6 Å².